The van der Waals surface area contributed by atoms with Crippen molar-refractivity contribution in [1.82, 2.24) is 5.32 Å². The molecule has 4 heteroatoms. The van der Waals surface area contributed by atoms with E-state index in [4.69, 9.17) is 11.6 Å². The molecule has 0 aliphatic carbocycles. The molecular weight excluding hydrogens is 284 g/mol. The number of amides is 1. The Balaban J connectivity index is 1.88. The summed E-state index contributed by atoms with van der Waals surface area (Å²) >= 11 is 5.89. The number of hydrogen-bond donors (Lipinski definition) is 2. The van der Waals surface area contributed by atoms with Gasteiger partial charge in [0.15, 0.2) is 0 Å². The van der Waals surface area contributed by atoms with Gasteiger partial charge in [-0.05, 0) is 43.2 Å². The van der Waals surface area contributed by atoms with Gasteiger partial charge in [-0.2, -0.15) is 0 Å². The van der Waals surface area contributed by atoms with Crippen LogP contribution in [0.1, 0.15) is 24.1 Å². The van der Waals surface area contributed by atoms with Gasteiger partial charge < -0.3 is 10.6 Å². The van der Waals surface area contributed by atoms with Gasteiger partial charge >= 0.3 is 0 Å². The van der Waals surface area contributed by atoms with Gasteiger partial charge in [0.25, 0.3) is 0 Å². The molecule has 0 aliphatic rings. The minimum atomic E-state index is -0.0855. The SMILES string of the molecule is Cc1ccccc1C(C)NCC(=O)Nc1cccc(Cl)c1. The lowest BCUT2D eigenvalue weighted by Crippen LogP contribution is -2.30. The average molecular weight is 303 g/mol. The maximum atomic E-state index is 11.9. The number of rotatable bonds is 5. The second-order valence-corrected chi connectivity index (χ2v) is 5.45. The maximum Gasteiger partial charge on any atom is 0.238 e. The molecule has 2 aromatic rings. The molecule has 1 amide bonds. The van der Waals surface area contributed by atoms with E-state index in [0.717, 1.165) is 0 Å². The molecule has 2 rings (SSSR count). The van der Waals surface area contributed by atoms with Gasteiger partial charge in [0.2, 0.25) is 5.91 Å². The normalized spacial score (nSPS) is 12.0. The van der Waals surface area contributed by atoms with E-state index in [1.54, 1.807) is 18.2 Å². The first-order chi connectivity index (χ1) is 10.1. The molecule has 0 bridgehead atoms. The zero-order chi connectivity index (χ0) is 15.2. The molecule has 0 spiro atoms. The highest BCUT2D eigenvalue weighted by Crippen LogP contribution is 2.17. The van der Waals surface area contributed by atoms with Gasteiger partial charge in [-0.1, -0.05) is 41.9 Å². The number of nitrogens with one attached hydrogen (secondary N) is 2. The van der Waals surface area contributed by atoms with Crippen molar-refractivity contribution in [3.05, 3.63) is 64.7 Å². The Labute approximate surface area is 130 Å². The highest BCUT2D eigenvalue weighted by molar-refractivity contribution is 6.30. The summed E-state index contributed by atoms with van der Waals surface area (Å²) in [6.07, 6.45) is 0. The molecule has 110 valence electrons. The van der Waals surface area contributed by atoms with Crippen molar-refractivity contribution in [2.24, 2.45) is 0 Å². The van der Waals surface area contributed by atoms with Crippen molar-refractivity contribution in [3.63, 3.8) is 0 Å². The van der Waals surface area contributed by atoms with Gasteiger partial charge in [0, 0.05) is 16.8 Å². The van der Waals surface area contributed by atoms with E-state index in [0.29, 0.717) is 10.7 Å². The van der Waals surface area contributed by atoms with E-state index >= 15 is 0 Å². The minimum Gasteiger partial charge on any atom is -0.325 e. The Kier molecular flexibility index (Phi) is 5.37. The average Bonchev–Trinajstić information content (AvgIpc) is 2.45. The van der Waals surface area contributed by atoms with Crippen LogP contribution in [0.3, 0.4) is 0 Å². The lowest BCUT2D eigenvalue weighted by molar-refractivity contribution is -0.115. The standard InChI is InChI=1S/C17H19ClN2O/c1-12-6-3-4-9-16(12)13(2)19-11-17(21)20-15-8-5-7-14(18)10-15/h3-10,13,19H,11H2,1-2H3,(H,20,21). The van der Waals surface area contributed by atoms with Crippen LogP contribution in [0.5, 0.6) is 0 Å². The molecule has 0 aliphatic heterocycles. The Morgan fingerprint density at radius 1 is 1.19 bits per heavy atom. The van der Waals surface area contributed by atoms with Gasteiger partial charge in [-0.25, -0.2) is 0 Å². The lowest BCUT2D eigenvalue weighted by atomic mass is 10.0. The van der Waals surface area contributed by atoms with E-state index in [-0.39, 0.29) is 18.5 Å². The van der Waals surface area contributed by atoms with E-state index < -0.39 is 0 Å². The Morgan fingerprint density at radius 2 is 1.95 bits per heavy atom. The smallest absolute Gasteiger partial charge is 0.238 e. The number of carbonyl (C=O) groups excluding carboxylic acids is 1. The molecule has 0 radical (unpaired) electrons. The first-order valence-electron chi connectivity index (χ1n) is 6.90. The molecule has 2 aromatic carbocycles. The summed E-state index contributed by atoms with van der Waals surface area (Å²) in [7, 11) is 0. The molecular formula is C17H19ClN2O. The quantitative estimate of drug-likeness (QED) is 0.878. The molecule has 21 heavy (non-hydrogen) atoms. The van der Waals surface area contributed by atoms with Crippen molar-refractivity contribution >= 4 is 23.2 Å². The number of anilines is 1. The molecule has 0 heterocycles. The third-order valence-electron chi connectivity index (χ3n) is 3.33. The van der Waals surface area contributed by atoms with Gasteiger partial charge in [0.05, 0.1) is 6.54 Å². The summed E-state index contributed by atoms with van der Waals surface area (Å²) in [5.41, 5.74) is 3.12. The molecule has 2 N–H and O–H groups in total. The molecule has 0 aromatic heterocycles. The van der Waals surface area contributed by atoms with Crippen LogP contribution in [0, 0.1) is 6.92 Å². The van der Waals surface area contributed by atoms with Crippen LogP contribution in [0.15, 0.2) is 48.5 Å². The molecule has 1 atom stereocenters. The van der Waals surface area contributed by atoms with Crippen LogP contribution in [-0.4, -0.2) is 12.5 Å². The van der Waals surface area contributed by atoms with Crippen LogP contribution in [0.4, 0.5) is 5.69 Å². The zero-order valence-electron chi connectivity index (χ0n) is 12.2. The Bertz CT molecular complexity index is 628. The lowest BCUT2D eigenvalue weighted by Gasteiger charge is -2.16. The number of benzene rings is 2. The van der Waals surface area contributed by atoms with E-state index in [1.165, 1.54) is 11.1 Å². The zero-order valence-corrected chi connectivity index (χ0v) is 12.9. The van der Waals surface area contributed by atoms with Gasteiger partial charge in [0.1, 0.15) is 0 Å². The molecule has 0 saturated carbocycles. The van der Waals surface area contributed by atoms with Crippen LogP contribution < -0.4 is 10.6 Å². The third-order valence-corrected chi connectivity index (χ3v) is 3.57. The first kappa shape index (κ1) is 15.5. The summed E-state index contributed by atoms with van der Waals surface area (Å²) in [6.45, 7) is 4.37. The maximum absolute atomic E-state index is 11.9. The van der Waals surface area contributed by atoms with E-state index in [2.05, 4.69) is 36.6 Å². The first-order valence-corrected chi connectivity index (χ1v) is 7.28. The summed E-state index contributed by atoms with van der Waals surface area (Å²) in [6, 6.07) is 15.4. The topological polar surface area (TPSA) is 41.1 Å². The molecule has 0 saturated heterocycles. The fourth-order valence-corrected chi connectivity index (χ4v) is 2.39. The fourth-order valence-electron chi connectivity index (χ4n) is 2.20. The highest BCUT2D eigenvalue weighted by Gasteiger charge is 2.09. The van der Waals surface area contributed by atoms with Crippen LogP contribution in [-0.2, 0) is 4.79 Å². The Morgan fingerprint density at radius 3 is 2.67 bits per heavy atom. The van der Waals surface area contributed by atoms with Crippen molar-refractivity contribution in [1.29, 1.82) is 0 Å². The summed E-state index contributed by atoms with van der Waals surface area (Å²) in [4.78, 5) is 11.9. The van der Waals surface area contributed by atoms with Gasteiger partial charge in [-0.15, -0.1) is 0 Å². The predicted octanol–water partition coefficient (Wildman–Crippen LogP) is 3.94. The van der Waals surface area contributed by atoms with E-state index in [1.807, 2.05) is 18.2 Å². The second-order valence-electron chi connectivity index (χ2n) is 5.02. The summed E-state index contributed by atoms with van der Waals surface area (Å²) in [5.74, 6) is -0.0855. The number of carbonyl (C=O) groups is 1. The van der Waals surface area contributed by atoms with E-state index in [9.17, 15) is 4.79 Å². The summed E-state index contributed by atoms with van der Waals surface area (Å²) < 4.78 is 0. The predicted molar refractivity (Wildman–Crippen MR) is 87.7 cm³/mol. The number of aryl methyl sites for hydroxylation is 1. The van der Waals surface area contributed by atoms with Crippen molar-refractivity contribution in [2.75, 3.05) is 11.9 Å². The number of hydrogen-bond acceptors (Lipinski definition) is 2. The molecule has 0 fully saturated rings. The summed E-state index contributed by atoms with van der Waals surface area (Å²) in [5, 5.41) is 6.65. The van der Waals surface area contributed by atoms with Crippen molar-refractivity contribution in [2.45, 2.75) is 19.9 Å². The highest BCUT2D eigenvalue weighted by atomic mass is 35.5. The van der Waals surface area contributed by atoms with Crippen LogP contribution >= 0.6 is 11.6 Å². The monoisotopic (exact) mass is 302 g/mol. The van der Waals surface area contributed by atoms with Crippen molar-refractivity contribution in [3.8, 4) is 0 Å². The molecule has 1 unspecified atom stereocenters. The van der Waals surface area contributed by atoms with Gasteiger partial charge in [-0.3, -0.25) is 4.79 Å². The van der Waals surface area contributed by atoms with Crippen LogP contribution in [0.25, 0.3) is 0 Å². The Hall–Kier alpha value is -1.84. The van der Waals surface area contributed by atoms with Crippen LogP contribution in [0.2, 0.25) is 5.02 Å². The van der Waals surface area contributed by atoms with Crippen molar-refractivity contribution < 1.29 is 4.79 Å². The number of halogens is 1. The largest absolute Gasteiger partial charge is 0.325 e. The fraction of sp³-hybridized carbons (Fsp3) is 0.235. The second kappa shape index (κ2) is 7.25. The molecule has 3 nitrogen and oxygen atoms in total. The third kappa shape index (κ3) is 4.59. The minimum absolute atomic E-state index is 0.0855.